The van der Waals surface area contributed by atoms with Crippen LogP contribution in [-0.2, 0) is 16.1 Å². The molecule has 4 rings (SSSR count). The van der Waals surface area contributed by atoms with Crippen molar-refractivity contribution in [1.82, 2.24) is 10.2 Å². The number of fused-ring (bicyclic) bond motifs is 1. The van der Waals surface area contributed by atoms with Gasteiger partial charge in [-0.05, 0) is 61.1 Å². The van der Waals surface area contributed by atoms with E-state index in [2.05, 4.69) is 18.3 Å². The molecule has 3 unspecified atom stereocenters. The van der Waals surface area contributed by atoms with Gasteiger partial charge in [-0.2, -0.15) is 0 Å². The second-order valence-corrected chi connectivity index (χ2v) is 9.86. The fourth-order valence-corrected chi connectivity index (χ4v) is 5.97. The van der Waals surface area contributed by atoms with Gasteiger partial charge in [0.1, 0.15) is 5.75 Å². The van der Waals surface area contributed by atoms with Gasteiger partial charge in [0.15, 0.2) is 0 Å². The number of hydrogen-bond acceptors (Lipinski definition) is 4. The Morgan fingerprint density at radius 2 is 1.94 bits per heavy atom. The second-order valence-electron chi connectivity index (χ2n) is 8.58. The fourth-order valence-electron chi connectivity index (χ4n) is 4.50. The van der Waals surface area contributed by atoms with Crippen molar-refractivity contribution in [2.24, 2.45) is 5.92 Å². The van der Waals surface area contributed by atoms with Gasteiger partial charge in [0, 0.05) is 30.8 Å². The fraction of sp³-hybridized carbons (Fsp3) is 0.385. The Kier molecular flexibility index (Phi) is 6.89. The first kappa shape index (κ1) is 22.5. The van der Waals surface area contributed by atoms with E-state index in [4.69, 9.17) is 4.74 Å². The Balaban J connectivity index is 1.38. The molecule has 2 aromatic carbocycles. The number of hydrogen-bond donors (Lipinski definition) is 1. The van der Waals surface area contributed by atoms with Crippen molar-refractivity contribution >= 4 is 29.7 Å². The van der Waals surface area contributed by atoms with Gasteiger partial charge >= 0.3 is 0 Å². The molecular formula is C26H30N2O3S. The number of rotatable bonds is 5. The van der Waals surface area contributed by atoms with E-state index in [1.54, 1.807) is 18.9 Å². The summed E-state index contributed by atoms with van der Waals surface area (Å²) in [6, 6.07) is 15.9. The predicted octanol–water partition coefficient (Wildman–Crippen LogP) is 4.40. The van der Waals surface area contributed by atoms with Crippen LogP contribution in [0.25, 0.3) is 6.08 Å². The van der Waals surface area contributed by atoms with E-state index < -0.39 is 0 Å². The van der Waals surface area contributed by atoms with Crippen LogP contribution in [0.3, 0.4) is 0 Å². The van der Waals surface area contributed by atoms with Crippen LogP contribution in [0.1, 0.15) is 36.0 Å². The van der Waals surface area contributed by atoms with Crippen molar-refractivity contribution in [3.8, 4) is 5.75 Å². The molecule has 1 N–H and O–H groups in total. The Bertz CT molecular complexity index is 1020. The summed E-state index contributed by atoms with van der Waals surface area (Å²) in [5.74, 6) is 0.870. The largest absolute Gasteiger partial charge is 0.497 e. The number of amides is 2. The van der Waals surface area contributed by atoms with Crippen LogP contribution in [0, 0.1) is 12.8 Å². The first-order chi connectivity index (χ1) is 15.5. The van der Waals surface area contributed by atoms with Gasteiger partial charge in [0.2, 0.25) is 5.91 Å². The number of nitrogens with zero attached hydrogens (tertiary/aromatic N) is 1. The monoisotopic (exact) mass is 450 g/mol. The Hall–Kier alpha value is -2.73. The molecule has 168 valence electrons. The van der Waals surface area contributed by atoms with Gasteiger partial charge in [0.05, 0.1) is 12.0 Å². The third-order valence-corrected chi connectivity index (χ3v) is 7.93. The molecule has 2 fully saturated rings. The molecule has 3 atom stereocenters. The van der Waals surface area contributed by atoms with Gasteiger partial charge in [-0.15, -0.1) is 11.8 Å². The molecule has 0 spiro atoms. The molecule has 0 bridgehead atoms. The predicted molar refractivity (Wildman–Crippen MR) is 129 cm³/mol. The molecule has 1 aliphatic carbocycles. The van der Waals surface area contributed by atoms with Crippen molar-refractivity contribution in [1.29, 1.82) is 0 Å². The Morgan fingerprint density at radius 1 is 1.19 bits per heavy atom. The van der Waals surface area contributed by atoms with Crippen molar-refractivity contribution in [2.75, 3.05) is 14.2 Å². The van der Waals surface area contributed by atoms with E-state index in [9.17, 15) is 9.59 Å². The molecular weight excluding hydrogens is 420 g/mol. The third kappa shape index (κ3) is 4.85. The van der Waals surface area contributed by atoms with Crippen molar-refractivity contribution in [2.45, 2.75) is 44.0 Å². The summed E-state index contributed by atoms with van der Waals surface area (Å²) < 4.78 is 5.18. The molecule has 1 saturated heterocycles. The minimum Gasteiger partial charge on any atom is -0.497 e. The molecule has 0 radical (unpaired) electrons. The van der Waals surface area contributed by atoms with Gasteiger partial charge in [-0.3, -0.25) is 9.59 Å². The highest BCUT2D eigenvalue weighted by atomic mass is 32.2. The van der Waals surface area contributed by atoms with Gasteiger partial charge in [0.25, 0.3) is 5.91 Å². The first-order valence-corrected chi connectivity index (χ1v) is 12.0. The highest BCUT2D eigenvalue weighted by molar-refractivity contribution is 8.04. The van der Waals surface area contributed by atoms with Gasteiger partial charge in [-0.1, -0.05) is 36.4 Å². The van der Waals surface area contributed by atoms with Crippen LogP contribution in [0.4, 0.5) is 0 Å². The normalized spacial score (nSPS) is 24.2. The van der Waals surface area contributed by atoms with Crippen LogP contribution >= 0.6 is 11.8 Å². The van der Waals surface area contributed by atoms with Crippen LogP contribution in [0.15, 0.2) is 53.4 Å². The molecule has 6 heteroatoms. The van der Waals surface area contributed by atoms with E-state index in [-0.39, 0.29) is 23.8 Å². The lowest BCUT2D eigenvalue weighted by Crippen LogP contribution is -2.52. The van der Waals surface area contributed by atoms with Crippen LogP contribution in [-0.4, -0.2) is 42.2 Å². The first-order valence-electron chi connectivity index (χ1n) is 11.1. The zero-order valence-electron chi connectivity index (χ0n) is 18.8. The van der Waals surface area contributed by atoms with E-state index in [1.165, 1.54) is 0 Å². The van der Waals surface area contributed by atoms with Gasteiger partial charge in [-0.25, -0.2) is 0 Å². The number of benzene rings is 2. The number of thioether (sulfide) groups is 1. The molecule has 2 aliphatic rings. The highest BCUT2D eigenvalue weighted by Crippen LogP contribution is 2.43. The number of aryl methyl sites for hydroxylation is 1. The summed E-state index contributed by atoms with van der Waals surface area (Å²) in [4.78, 5) is 28.6. The summed E-state index contributed by atoms with van der Waals surface area (Å²) in [5, 5.41) is 3.41. The topological polar surface area (TPSA) is 58.6 Å². The Labute approximate surface area is 194 Å². The van der Waals surface area contributed by atoms with E-state index in [0.29, 0.717) is 18.2 Å². The number of nitrogens with one attached hydrogen (secondary N) is 1. The van der Waals surface area contributed by atoms with Crippen molar-refractivity contribution < 1.29 is 14.3 Å². The SMILES string of the molecule is COc1ccc(CNC(=O)C2CCC3S/C(=C\c4ccccc4C)C(=O)N(C)C3C2)cc1. The lowest BCUT2D eigenvalue weighted by atomic mass is 9.83. The molecule has 5 nitrogen and oxygen atoms in total. The van der Waals surface area contributed by atoms with E-state index in [0.717, 1.165) is 40.2 Å². The van der Waals surface area contributed by atoms with E-state index in [1.807, 2.05) is 60.5 Å². The summed E-state index contributed by atoms with van der Waals surface area (Å²) in [5.41, 5.74) is 3.29. The number of ether oxygens (including phenoxy) is 1. The second kappa shape index (κ2) is 9.82. The quantitative estimate of drug-likeness (QED) is 0.686. The van der Waals surface area contributed by atoms with Crippen LogP contribution in [0.2, 0.25) is 0 Å². The summed E-state index contributed by atoms with van der Waals surface area (Å²) in [7, 11) is 3.52. The number of methoxy groups -OCH3 is 1. The summed E-state index contributed by atoms with van der Waals surface area (Å²) in [6.07, 6.45) is 4.51. The molecule has 2 aromatic rings. The molecule has 0 aromatic heterocycles. The average molecular weight is 451 g/mol. The third-order valence-electron chi connectivity index (χ3n) is 6.53. The molecule has 32 heavy (non-hydrogen) atoms. The van der Waals surface area contributed by atoms with Crippen molar-refractivity contribution in [3.63, 3.8) is 0 Å². The van der Waals surface area contributed by atoms with E-state index >= 15 is 0 Å². The van der Waals surface area contributed by atoms with Gasteiger partial charge < -0.3 is 15.0 Å². The minimum atomic E-state index is -0.0627. The average Bonchev–Trinajstić information content (AvgIpc) is 2.82. The molecule has 1 aliphatic heterocycles. The smallest absolute Gasteiger partial charge is 0.260 e. The Morgan fingerprint density at radius 3 is 2.66 bits per heavy atom. The minimum absolute atomic E-state index is 0.0544. The lowest BCUT2D eigenvalue weighted by molar-refractivity contribution is -0.132. The molecule has 1 saturated carbocycles. The summed E-state index contributed by atoms with van der Waals surface area (Å²) in [6.45, 7) is 2.56. The van der Waals surface area contributed by atoms with Crippen molar-refractivity contribution in [3.05, 3.63) is 70.1 Å². The highest BCUT2D eigenvalue weighted by Gasteiger charge is 2.42. The standard InChI is InChI=1S/C26H30N2O3S/c1-17-6-4-5-7-19(17)15-24-26(30)28(2)22-14-20(10-13-23(22)32-24)25(29)27-16-18-8-11-21(31-3)12-9-18/h4-9,11-12,15,20,22-23H,10,13-14,16H2,1-3H3,(H,27,29)/b24-15-. The maximum Gasteiger partial charge on any atom is 0.260 e. The molecule has 1 heterocycles. The van der Waals surface area contributed by atoms with Crippen LogP contribution in [0.5, 0.6) is 5.75 Å². The maximum atomic E-state index is 13.1. The zero-order chi connectivity index (χ0) is 22.7. The number of likely N-dealkylation sites (N-methyl/N-ethyl adjacent to an activating group) is 1. The summed E-state index contributed by atoms with van der Waals surface area (Å²) >= 11 is 1.68. The lowest BCUT2D eigenvalue weighted by Gasteiger charge is -2.44. The number of carbonyl (C=O) groups excluding carboxylic acids is 2. The number of carbonyl (C=O) groups is 2. The molecule has 2 amide bonds. The zero-order valence-corrected chi connectivity index (χ0v) is 19.7. The maximum absolute atomic E-state index is 13.1. The van der Waals surface area contributed by atoms with Crippen LogP contribution < -0.4 is 10.1 Å².